The zero-order valence-corrected chi connectivity index (χ0v) is 19.9. The molecule has 9 N–H and O–H groups in total. The molecular formula is C26H33N5O5. The van der Waals surface area contributed by atoms with Crippen molar-refractivity contribution < 1.29 is 24.6 Å². The van der Waals surface area contributed by atoms with Gasteiger partial charge in [0.05, 0.1) is 6.04 Å². The van der Waals surface area contributed by atoms with Crippen molar-refractivity contribution in [2.75, 3.05) is 6.54 Å². The lowest BCUT2D eigenvalue weighted by Crippen LogP contribution is -2.55. The zero-order chi connectivity index (χ0) is 26.1. The van der Waals surface area contributed by atoms with Gasteiger partial charge in [-0.25, -0.2) is 4.79 Å². The van der Waals surface area contributed by atoms with Gasteiger partial charge < -0.3 is 37.3 Å². The summed E-state index contributed by atoms with van der Waals surface area (Å²) in [7, 11) is 0. The van der Waals surface area contributed by atoms with E-state index in [0.717, 1.165) is 22.0 Å². The number of carboxylic acid groups (broad SMARTS) is 1. The van der Waals surface area contributed by atoms with Crippen LogP contribution in [0.15, 0.2) is 54.7 Å². The fourth-order valence-electron chi connectivity index (χ4n) is 4.01. The number of aliphatic carboxylic acids is 1. The van der Waals surface area contributed by atoms with Gasteiger partial charge in [0.1, 0.15) is 17.8 Å². The molecule has 192 valence electrons. The molecule has 2 aromatic carbocycles. The Bertz CT molecular complexity index is 1180. The van der Waals surface area contributed by atoms with E-state index in [0.29, 0.717) is 19.4 Å². The number of carbonyl (C=O) groups is 3. The van der Waals surface area contributed by atoms with Gasteiger partial charge in [-0.15, -0.1) is 0 Å². The Morgan fingerprint density at radius 3 is 2.31 bits per heavy atom. The predicted octanol–water partition coefficient (Wildman–Crippen LogP) is 1.17. The molecule has 1 aromatic heterocycles. The molecule has 1 heterocycles. The summed E-state index contributed by atoms with van der Waals surface area (Å²) in [4.78, 5) is 41.0. The monoisotopic (exact) mass is 495 g/mol. The quantitative estimate of drug-likeness (QED) is 0.174. The molecule has 0 aliphatic heterocycles. The number of para-hydroxylation sites is 1. The van der Waals surface area contributed by atoms with Gasteiger partial charge >= 0.3 is 5.97 Å². The number of fused-ring (bicyclic) bond motifs is 1. The number of rotatable bonds is 13. The van der Waals surface area contributed by atoms with Gasteiger partial charge in [-0.1, -0.05) is 30.3 Å². The van der Waals surface area contributed by atoms with E-state index in [2.05, 4.69) is 15.6 Å². The number of carboxylic acids is 1. The summed E-state index contributed by atoms with van der Waals surface area (Å²) in [5, 5.41) is 25.2. The number of aromatic hydroxyl groups is 1. The van der Waals surface area contributed by atoms with Gasteiger partial charge in [0.15, 0.2) is 0 Å². The number of aromatic amines is 1. The normalized spacial score (nSPS) is 13.6. The number of phenolic OH excluding ortho intramolecular Hbond substituents is 1. The molecule has 0 saturated heterocycles. The van der Waals surface area contributed by atoms with Gasteiger partial charge in [-0.3, -0.25) is 9.59 Å². The first-order valence-electron chi connectivity index (χ1n) is 11.9. The van der Waals surface area contributed by atoms with Crippen molar-refractivity contribution in [3.8, 4) is 5.75 Å². The van der Waals surface area contributed by atoms with Gasteiger partial charge in [-0.05, 0) is 61.6 Å². The first-order chi connectivity index (χ1) is 17.3. The number of amides is 2. The molecule has 3 rings (SSSR count). The summed E-state index contributed by atoms with van der Waals surface area (Å²) >= 11 is 0. The van der Waals surface area contributed by atoms with Gasteiger partial charge in [0.25, 0.3) is 0 Å². The van der Waals surface area contributed by atoms with E-state index >= 15 is 0 Å². The molecule has 0 saturated carbocycles. The van der Waals surface area contributed by atoms with E-state index in [9.17, 15) is 24.6 Å². The van der Waals surface area contributed by atoms with Crippen LogP contribution in [0.2, 0.25) is 0 Å². The van der Waals surface area contributed by atoms with Crippen LogP contribution in [0.3, 0.4) is 0 Å². The Morgan fingerprint density at radius 2 is 1.61 bits per heavy atom. The van der Waals surface area contributed by atoms with Crippen LogP contribution in [-0.4, -0.2) is 57.7 Å². The lowest BCUT2D eigenvalue weighted by atomic mass is 10.0. The summed E-state index contributed by atoms with van der Waals surface area (Å²) in [6.07, 6.45) is 3.52. The molecule has 0 aliphatic carbocycles. The molecule has 0 fully saturated rings. The number of aromatic nitrogens is 1. The number of hydrogen-bond donors (Lipinski definition) is 7. The Hall–Kier alpha value is -3.89. The Labute approximate surface area is 209 Å². The molecule has 3 atom stereocenters. The molecular weight excluding hydrogens is 462 g/mol. The van der Waals surface area contributed by atoms with Crippen LogP contribution in [0, 0.1) is 0 Å². The standard InChI is InChI=1S/C26H33N5O5/c27-12-4-3-7-22(26(35)36)30-25(34)23(14-17-15-29-21-6-2-1-5-19(17)21)31-24(33)20(28)13-16-8-10-18(32)11-9-16/h1-2,5-6,8-11,15,20,22-23,29,32H,3-4,7,12-14,27-28H2,(H,30,34)(H,31,33)(H,35,36)/t20-,22-,23+/m0/s1. The molecule has 0 bridgehead atoms. The number of carbonyl (C=O) groups excluding carboxylic acids is 2. The number of benzene rings is 2. The number of phenols is 1. The lowest BCUT2D eigenvalue weighted by molar-refractivity contribution is -0.142. The third-order valence-electron chi connectivity index (χ3n) is 6.02. The van der Waals surface area contributed by atoms with Crippen LogP contribution < -0.4 is 22.1 Å². The minimum absolute atomic E-state index is 0.103. The third kappa shape index (κ3) is 7.30. The van der Waals surface area contributed by atoms with Crippen LogP contribution in [-0.2, 0) is 27.2 Å². The van der Waals surface area contributed by atoms with Crippen LogP contribution in [0.25, 0.3) is 10.9 Å². The molecule has 3 aromatic rings. The number of hydrogen-bond acceptors (Lipinski definition) is 6. The topological polar surface area (TPSA) is 184 Å². The van der Waals surface area contributed by atoms with Crippen molar-refractivity contribution in [2.45, 2.75) is 50.2 Å². The maximum Gasteiger partial charge on any atom is 0.326 e. The zero-order valence-electron chi connectivity index (χ0n) is 19.9. The smallest absolute Gasteiger partial charge is 0.326 e. The van der Waals surface area contributed by atoms with Crippen LogP contribution in [0.5, 0.6) is 5.75 Å². The molecule has 0 spiro atoms. The second-order valence-corrected chi connectivity index (χ2v) is 8.79. The van der Waals surface area contributed by atoms with E-state index in [1.54, 1.807) is 18.3 Å². The maximum atomic E-state index is 13.2. The number of unbranched alkanes of at least 4 members (excludes halogenated alkanes) is 1. The van der Waals surface area contributed by atoms with Crippen LogP contribution >= 0.6 is 0 Å². The first-order valence-corrected chi connectivity index (χ1v) is 11.9. The molecule has 0 aliphatic rings. The Morgan fingerprint density at radius 1 is 0.917 bits per heavy atom. The summed E-state index contributed by atoms with van der Waals surface area (Å²) in [6.45, 7) is 0.429. The van der Waals surface area contributed by atoms with E-state index in [1.807, 2.05) is 24.3 Å². The van der Waals surface area contributed by atoms with E-state index in [-0.39, 0.29) is 25.0 Å². The molecule has 10 nitrogen and oxygen atoms in total. The summed E-state index contributed by atoms with van der Waals surface area (Å²) in [5.41, 5.74) is 14.0. The van der Waals surface area contributed by atoms with Crippen molar-refractivity contribution >= 4 is 28.7 Å². The molecule has 2 amide bonds. The second-order valence-electron chi connectivity index (χ2n) is 8.79. The largest absolute Gasteiger partial charge is 0.508 e. The third-order valence-corrected chi connectivity index (χ3v) is 6.02. The number of nitrogens with one attached hydrogen (secondary N) is 3. The predicted molar refractivity (Wildman–Crippen MR) is 136 cm³/mol. The Balaban J connectivity index is 1.76. The minimum Gasteiger partial charge on any atom is -0.508 e. The van der Waals surface area contributed by atoms with Crippen molar-refractivity contribution in [2.24, 2.45) is 11.5 Å². The fraction of sp³-hybridized carbons (Fsp3) is 0.346. The average molecular weight is 496 g/mol. The first kappa shape index (κ1) is 26.7. The highest BCUT2D eigenvalue weighted by Crippen LogP contribution is 2.19. The Kier molecular flexibility index (Phi) is 9.43. The van der Waals surface area contributed by atoms with Crippen molar-refractivity contribution in [1.29, 1.82) is 0 Å². The van der Waals surface area contributed by atoms with Crippen molar-refractivity contribution in [3.05, 3.63) is 65.9 Å². The van der Waals surface area contributed by atoms with Crippen molar-refractivity contribution in [3.63, 3.8) is 0 Å². The average Bonchev–Trinajstić information content (AvgIpc) is 3.27. The highest BCUT2D eigenvalue weighted by molar-refractivity contribution is 5.93. The summed E-state index contributed by atoms with van der Waals surface area (Å²) in [6, 6.07) is 10.8. The maximum absolute atomic E-state index is 13.2. The molecule has 0 radical (unpaired) electrons. The number of H-pyrrole nitrogens is 1. The fourth-order valence-corrected chi connectivity index (χ4v) is 4.01. The van der Waals surface area contributed by atoms with Crippen LogP contribution in [0.4, 0.5) is 0 Å². The second kappa shape index (κ2) is 12.7. The van der Waals surface area contributed by atoms with Gasteiger partial charge in [0, 0.05) is 23.5 Å². The van der Waals surface area contributed by atoms with E-state index in [1.165, 1.54) is 12.1 Å². The summed E-state index contributed by atoms with van der Waals surface area (Å²) < 4.78 is 0. The SMILES string of the molecule is NCCCC[C@H](NC(=O)[C@@H](Cc1c[nH]c2ccccc12)NC(=O)[C@@H](N)Cc1ccc(O)cc1)C(=O)O. The highest BCUT2D eigenvalue weighted by atomic mass is 16.4. The van der Waals surface area contributed by atoms with Crippen molar-refractivity contribution in [1.82, 2.24) is 15.6 Å². The highest BCUT2D eigenvalue weighted by Gasteiger charge is 2.28. The number of nitrogens with two attached hydrogens (primary N) is 2. The van der Waals surface area contributed by atoms with Crippen LogP contribution in [0.1, 0.15) is 30.4 Å². The lowest BCUT2D eigenvalue weighted by Gasteiger charge is -2.23. The van der Waals surface area contributed by atoms with Gasteiger partial charge in [-0.2, -0.15) is 0 Å². The molecule has 0 unspecified atom stereocenters. The van der Waals surface area contributed by atoms with E-state index < -0.39 is 35.9 Å². The molecule has 36 heavy (non-hydrogen) atoms. The van der Waals surface area contributed by atoms with E-state index in [4.69, 9.17) is 11.5 Å². The molecule has 10 heteroatoms. The summed E-state index contributed by atoms with van der Waals surface area (Å²) in [5.74, 6) is -2.20. The van der Waals surface area contributed by atoms with Gasteiger partial charge in [0.2, 0.25) is 11.8 Å². The minimum atomic E-state index is -1.15.